The van der Waals surface area contributed by atoms with Crippen molar-refractivity contribution in [3.05, 3.63) is 34.9 Å². The number of halogens is 2. The van der Waals surface area contributed by atoms with Crippen molar-refractivity contribution in [2.24, 2.45) is 5.92 Å². The largest absolute Gasteiger partial charge is 0.354 e. The van der Waals surface area contributed by atoms with Gasteiger partial charge in [0.15, 0.2) is 0 Å². The number of hydrogen-bond acceptors (Lipinski definition) is 4. The summed E-state index contributed by atoms with van der Waals surface area (Å²) >= 11 is 6.23. The molecule has 0 bridgehead atoms. The average Bonchev–Trinajstić information content (AvgIpc) is 2.96. The van der Waals surface area contributed by atoms with E-state index in [4.69, 9.17) is 11.6 Å². The highest BCUT2D eigenvalue weighted by atomic mass is 35.5. The number of hydrogen-bond donors (Lipinski definition) is 4. The molecule has 0 aromatic heterocycles. The molecule has 4 N–H and O–H groups in total. The first-order valence-electron chi connectivity index (χ1n) is 7.45. The second-order valence-corrected chi connectivity index (χ2v) is 5.58. The van der Waals surface area contributed by atoms with Crippen molar-refractivity contribution in [3.63, 3.8) is 0 Å². The lowest BCUT2D eigenvalue weighted by atomic mass is 9.94. The molecule has 1 aromatic carbocycles. The van der Waals surface area contributed by atoms with Gasteiger partial charge in [-0.3, -0.25) is 10.2 Å². The van der Waals surface area contributed by atoms with Crippen molar-refractivity contribution in [2.45, 2.75) is 19.4 Å². The van der Waals surface area contributed by atoms with Gasteiger partial charge in [-0.2, -0.15) is 0 Å². The number of amides is 1. The Morgan fingerprint density at radius 1 is 1.32 bits per heavy atom. The molecule has 0 aliphatic carbocycles. The van der Waals surface area contributed by atoms with E-state index in [0.29, 0.717) is 18.1 Å². The molecule has 5 nitrogen and oxygen atoms in total. The van der Waals surface area contributed by atoms with Crippen LogP contribution >= 0.6 is 24.0 Å². The van der Waals surface area contributed by atoms with Gasteiger partial charge in [0.05, 0.1) is 12.0 Å². The van der Waals surface area contributed by atoms with E-state index in [2.05, 4.69) is 28.4 Å². The van der Waals surface area contributed by atoms with E-state index in [9.17, 15) is 4.79 Å². The third kappa shape index (κ3) is 5.11. The van der Waals surface area contributed by atoms with Gasteiger partial charge in [0.2, 0.25) is 5.91 Å². The van der Waals surface area contributed by atoms with Crippen LogP contribution in [0.15, 0.2) is 24.3 Å². The van der Waals surface area contributed by atoms with E-state index in [1.165, 1.54) is 0 Å². The van der Waals surface area contributed by atoms with Gasteiger partial charge >= 0.3 is 0 Å². The highest BCUT2D eigenvalue weighted by molar-refractivity contribution is 6.31. The summed E-state index contributed by atoms with van der Waals surface area (Å²) in [5, 5.41) is 6.93. The first kappa shape index (κ1) is 19.2. The molecule has 1 amide bonds. The maximum atomic E-state index is 12.3. The van der Waals surface area contributed by atoms with Crippen molar-refractivity contribution < 1.29 is 4.79 Å². The first-order valence-corrected chi connectivity index (χ1v) is 7.83. The molecule has 2 unspecified atom stereocenters. The topological polar surface area (TPSA) is 65.2 Å². The molecular formula is C15H24Cl2N4O. The molecule has 2 atom stereocenters. The molecule has 22 heavy (non-hydrogen) atoms. The van der Waals surface area contributed by atoms with E-state index in [1.807, 2.05) is 24.3 Å². The van der Waals surface area contributed by atoms with Gasteiger partial charge in [0, 0.05) is 24.7 Å². The molecular weight excluding hydrogens is 323 g/mol. The molecule has 0 saturated carbocycles. The Kier molecular flexibility index (Phi) is 8.75. The molecule has 1 aromatic rings. The Bertz CT molecular complexity index is 473. The lowest BCUT2D eigenvalue weighted by Gasteiger charge is -2.19. The van der Waals surface area contributed by atoms with Gasteiger partial charge in [0.25, 0.3) is 0 Å². The van der Waals surface area contributed by atoms with Crippen LogP contribution in [0.1, 0.15) is 24.9 Å². The van der Waals surface area contributed by atoms with Gasteiger partial charge in [0.1, 0.15) is 0 Å². The number of rotatable bonds is 7. The molecule has 7 heteroatoms. The minimum Gasteiger partial charge on any atom is -0.354 e. The zero-order chi connectivity index (χ0) is 15.1. The second kappa shape index (κ2) is 10.0. The SMILES string of the molecule is CCCNCCNC(=O)C1CNNC1c1ccccc1Cl.Cl. The number of carbonyl (C=O) groups excluding carboxylic acids is 1. The van der Waals surface area contributed by atoms with Crippen molar-refractivity contribution in [2.75, 3.05) is 26.2 Å². The van der Waals surface area contributed by atoms with Crippen LogP contribution in [0.3, 0.4) is 0 Å². The standard InChI is InChI=1S/C15H23ClN4O.ClH/c1-2-7-17-8-9-18-15(21)12-10-19-20-14(12)11-5-3-4-6-13(11)16;/h3-6,12,14,17,19-20H,2,7-10H2,1H3,(H,18,21);1H. The number of carbonyl (C=O) groups is 1. The molecule has 1 fully saturated rings. The molecule has 1 saturated heterocycles. The van der Waals surface area contributed by atoms with Crippen LogP contribution in [0.2, 0.25) is 5.02 Å². The van der Waals surface area contributed by atoms with E-state index in [1.54, 1.807) is 0 Å². The quantitative estimate of drug-likeness (QED) is 0.567. The minimum atomic E-state index is -0.156. The Labute approximate surface area is 142 Å². The zero-order valence-corrected chi connectivity index (χ0v) is 14.3. The van der Waals surface area contributed by atoms with Crippen LogP contribution in [0, 0.1) is 5.92 Å². The van der Waals surface area contributed by atoms with Crippen LogP contribution in [-0.2, 0) is 4.79 Å². The summed E-state index contributed by atoms with van der Waals surface area (Å²) in [5.74, 6) is -0.105. The molecule has 1 heterocycles. The van der Waals surface area contributed by atoms with Crippen LogP contribution in [0.25, 0.3) is 0 Å². The fourth-order valence-electron chi connectivity index (χ4n) is 2.47. The normalized spacial score (nSPS) is 20.5. The van der Waals surface area contributed by atoms with Gasteiger partial charge in [-0.15, -0.1) is 12.4 Å². The Morgan fingerprint density at radius 2 is 2.09 bits per heavy atom. The second-order valence-electron chi connectivity index (χ2n) is 5.17. The van der Waals surface area contributed by atoms with Crippen molar-refractivity contribution in [3.8, 4) is 0 Å². The summed E-state index contributed by atoms with van der Waals surface area (Å²) in [6, 6.07) is 7.53. The summed E-state index contributed by atoms with van der Waals surface area (Å²) in [5.41, 5.74) is 7.15. The summed E-state index contributed by atoms with van der Waals surface area (Å²) in [6.45, 7) is 5.14. The third-order valence-corrected chi connectivity index (χ3v) is 3.93. The number of benzene rings is 1. The first-order chi connectivity index (χ1) is 10.2. The van der Waals surface area contributed by atoms with E-state index in [0.717, 1.165) is 25.1 Å². The molecule has 2 rings (SSSR count). The summed E-state index contributed by atoms with van der Waals surface area (Å²) in [4.78, 5) is 12.3. The van der Waals surface area contributed by atoms with Crippen LogP contribution < -0.4 is 21.5 Å². The van der Waals surface area contributed by atoms with Crippen molar-refractivity contribution in [1.82, 2.24) is 21.5 Å². The fourth-order valence-corrected chi connectivity index (χ4v) is 2.72. The molecule has 0 spiro atoms. The Hall–Kier alpha value is -0.850. The maximum absolute atomic E-state index is 12.3. The average molecular weight is 347 g/mol. The van der Waals surface area contributed by atoms with Gasteiger partial charge in [-0.25, -0.2) is 5.43 Å². The van der Waals surface area contributed by atoms with Crippen LogP contribution in [0.5, 0.6) is 0 Å². The summed E-state index contributed by atoms with van der Waals surface area (Å²) < 4.78 is 0. The maximum Gasteiger partial charge on any atom is 0.226 e. The highest BCUT2D eigenvalue weighted by Crippen LogP contribution is 2.30. The number of nitrogens with one attached hydrogen (secondary N) is 4. The van der Waals surface area contributed by atoms with Gasteiger partial charge in [-0.05, 0) is 24.6 Å². The summed E-state index contributed by atoms with van der Waals surface area (Å²) in [7, 11) is 0. The van der Waals surface area contributed by atoms with E-state index >= 15 is 0 Å². The van der Waals surface area contributed by atoms with Gasteiger partial charge in [-0.1, -0.05) is 36.7 Å². The monoisotopic (exact) mass is 346 g/mol. The van der Waals surface area contributed by atoms with Crippen LogP contribution in [-0.4, -0.2) is 32.1 Å². The fraction of sp³-hybridized carbons (Fsp3) is 0.533. The van der Waals surface area contributed by atoms with Crippen molar-refractivity contribution >= 4 is 29.9 Å². The molecule has 0 radical (unpaired) electrons. The number of hydrazine groups is 1. The predicted octanol–water partition coefficient (Wildman–Crippen LogP) is 1.64. The highest BCUT2D eigenvalue weighted by Gasteiger charge is 2.34. The smallest absolute Gasteiger partial charge is 0.226 e. The lowest BCUT2D eigenvalue weighted by Crippen LogP contribution is -2.38. The predicted molar refractivity (Wildman–Crippen MR) is 92.2 cm³/mol. The Morgan fingerprint density at radius 3 is 2.82 bits per heavy atom. The third-order valence-electron chi connectivity index (χ3n) is 3.59. The molecule has 124 valence electrons. The zero-order valence-electron chi connectivity index (χ0n) is 12.7. The lowest BCUT2D eigenvalue weighted by molar-refractivity contribution is -0.124. The van der Waals surface area contributed by atoms with E-state index < -0.39 is 0 Å². The van der Waals surface area contributed by atoms with E-state index in [-0.39, 0.29) is 30.3 Å². The molecule has 1 aliphatic rings. The minimum absolute atomic E-state index is 0. The Balaban J connectivity index is 0.00000242. The summed E-state index contributed by atoms with van der Waals surface area (Å²) in [6.07, 6.45) is 1.10. The van der Waals surface area contributed by atoms with Gasteiger partial charge < -0.3 is 10.6 Å². The molecule has 1 aliphatic heterocycles. The van der Waals surface area contributed by atoms with Crippen molar-refractivity contribution in [1.29, 1.82) is 0 Å². The van der Waals surface area contributed by atoms with Crippen LogP contribution in [0.4, 0.5) is 0 Å².